The SMILES string of the molecule is CS(=O)(=O)Cc1ccc(C(=O)N2CCN(c3ccccn3)CC2)o1. The minimum Gasteiger partial charge on any atom is -0.455 e. The van der Waals surface area contributed by atoms with E-state index in [-0.39, 0.29) is 23.2 Å². The molecule has 0 atom stereocenters. The molecule has 2 aromatic heterocycles. The van der Waals surface area contributed by atoms with Gasteiger partial charge < -0.3 is 14.2 Å². The first-order valence-corrected chi connectivity index (χ1v) is 9.70. The van der Waals surface area contributed by atoms with Crippen LogP contribution in [0, 0.1) is 0 Å². The number of sulfone groups is 1. The molecule has 3 rings (SSSR count). The van der Waals surface area contributed by atoms with Gasteiger partial charge in [-0.3, -0.25) is 4.79 Å². The third kappa shape index (κ3) is 3.94. The highest BCUT2D eigenvalue weighted by molar-refractivity contribution is 7.89. The summed E-state index contributed by atoms with van der Waals surface area (Å²) in [5.74, 6) is 0.953. The van der Waals surface area contributed by atoms with Gasteiger partial charge in [0.05, 0.1) is 0 Å². The van der Waals surface area contributed by atoms with Gasteiger partial charge in [-0.2, -0.15) is 0 Å². The number of rotatable bonds is 4. The first kappa shape index (κ1) is 16.5. The van der Waals surface area contributed by atoms with Crippen molar-refractivity contribution in [3.63, 3.8) is 0 Å². The number of pyridine rings is 1. The molecule has 0 unspecified atom stereocenters. The van der Waals surface area contributed by atoms with Crippen LogP contribution in [-0.4, -0.2) is 56.6 Å². The smallest absolute Gasteiger partial charge is 0.289 e. The monoisotopic (exact) mass is 349 g/mol. The molecule has 8 heteroatoms. The molecule has 0 radical (unpaired) electrons. The molecule has 1 amide bonds. The molecule has 1 aliphatic heterocycles. The van der Waals surface area contributed by atoms with E-state index in [9.17, 15) is 13.2 Å². The zero-order chi connectivity index (χ0) is 17.2. The van der Waals surface area contributed by atoms with Crippen molar-refractivity contribution in [2.24, 2.45) is 0 Å². The summed E-state index contributed by atoms with van der Waals surface area (Å²) in [5, 5.41) is 0. The minimum absolute atomic E-state index is 0.180. The number of nitrogens with zero attached hydrogens (tertiary/aromatic N) is 3. The van der Waals surface area contributed by atoms with E-state index in [1.54, 1.807) is 17.2 Å². The zero-order valence-corrected chi connectivity index (χ0v) is 14.2. The number of carbonyl (C=O) groups is 1. The molecule has 0 aromatic carbocycles. The molecule has 7 nitrogen and oxygen atoms in total. The molecule has 0 spiro atoms. The van der Waals surface area contributed by atoms with Crippen LogP contribution < -0.4 is 4.90 Å². The highest BCUT2D eigenvalue weighted by Crippen LogP contribution is 2.17. The van der Waals surface area contributed by atoms with E-state index >= 15 is 0 Å². The van der Waals surface area contributed by atoms with Crippen molar-refractivity contribution in [3.05, 3.63) is 48.0 Å². The molecular formula is C16H19N3O4S. The predicted octanol–water partition coefficient (Wildman–Crippen LogP) is 1.18. The predicted molar refractivity (Wildman–Crippen MR) is 89.6 cm³/mol. The summed E-state index contributed by atoms with van der Waals surface area (Å²) < 4.78 is 28.0. The number of hydrogen-bond donors (Lipinski definition) is 0. The van der Waals surface area contributed by atoms with E-state index in [4.69, 9.17) is 4.42 Å². The van der Waals surface area contributed by atoms with Crippen LogP contribution in [0.1, 0.15) is 16.3 Å². The number of carbonyl (C=O) groups excluding carboxylic acids is 1. The van der Waals surface area contributed by atoms with Crippen LogP contribution in [-0.2, 0) is 15.6 Å². The van der Waals surface area contributed by atoms with Crippen molar-refractivity contribution in [1.29, 1.82) is 0 Å². The van der Waals surface area contributed by atoms with Gasteiger partial charge in [-0.1, -0.05) is 6.07 Å². The van der Waals surface area contributed by atoms with E-state index in [0.29, 0.717) is 26.2 Å². The number of aromatic nitrogens is 1. The lowest BCUT2D eigenvalue weighted by molar-refractivity contribution is 0.0713. The number of hydrogen-bond acceptors (Lipinski definition) is 6. The number of piperazine rings is 1. The summed E-state index contributed by atoms with van der Waals surface area (Å²) in [6.07, 6.45) is 2.88. The number of amides is 1. The molecule has 1 fully saturated rings. The summed E-state index contributed by atoms with van der Waals surface area (Å²) >= 11 is 0. The first-order valence-electron chi connectivity index (χ1n) is 7.64. The Morgan fingerprint density at radius 2 is 1.92 bits per heavy atom. The van der Waals surface area contributed by atoms with Gasteiger partial charge in [0.15, 0.2) is 15.6 Å². The zero-order valence-electron chi connectivity index (χ0n) is 13.4. The molecule has 1 saturated heterocycles. The molecule has 3 heterocycles. The molecule has 2 aromatic rings. The second-order valence-corrected chi connectivity index (χ2v) is 7.94. The maximum atomic E-state index is 12.5. The molecule has 0 aliphatic carbocycles. The van der Waals surface area contributed by atoms with Crippen molar-refractivity contribution in [2.75, 3.05) is 37.3 Å². The van der Waals surface area contributed by atoms with E-state index in [0.717, 1.165) is 12.1 Å². The lowest BCUT2D eigenvalue weighted by Gasteiger charge is -2.34. The van der Waals surface area contributed by atoms with Crippen LogP contribution in [0.5, 0.6) is 0 Å². The van der Waals surface area contributed by atoms with Crippen LogP contribution >= 0.6 is 0 Å². The summed E-state index contributed by atoms with van der Waals surface area (Å²) in [7, 11) is -3.18. The van der Waals surface area contributed by atoms with Gasteiger partial charge in [-0.15, -0.1) is 0 Å². The Kier molecular flexibility index (Phi) is 4.57. The molecular weight excluding hydrogens is 330 g/mol. The highest BCUT2D eigenvalue weighted by atomic mass is 32.2. The Balaban J connectivity index is 1.61. The quantitative estimate of drug-likeness (QED) is 0.824. The Bertz CT molecular complexity index is 809. The summed E-state index contributed by atoms with van der Waals surface area (Å²) in [6, 6.07) is 8.83. The molecule has 0 N–H and O–H groups in total. The first-order chi connectivity index (χ1) is 11.4. The standard InChI is InChI=1S/C16H19N3O4S/c1-24(21,22)12-13-5-6-14(23-13)16(20)19-10-8-18(9-11-19)15-4-2-3-7-17-15/h2-7H,8-12H2,1H3. The van der Waals surface area contributed by atoms with E-state index < -0.39 is 9.84 Å². The van der Waals surface area contributed by atoms with Crippen molar-refractivity contribution >= 4 is 21.6 Å². The van der Waals surface area contributed by atoms with Crippen LogP contribution in [0.2, 0.25) is 0 Å². The van der Waals surface area contributed by atoms with Gasteiger partial charge in [-0.25, -0.2) is 13.4 Å². The lowest BCUT2D eigenvalue weighted by atomic mass is 10.2. The molecule has 128 valence electrons. The Morgan fingerprint density at radius 1 is 1.17 bits per heavy atom. The Hall–Kier alpha value is -2.35. The largest absolute Gasteiger partial charge is 0.455 e. The number of furan rings is 1. The molecule has 1 aliphatic rings. The average Bonchev–Trinajstić information content (AvgIpc) is 3.01. The molecule has 24 heavy (non-hydrogen) atoms. The molecule has 0 saturated carbocycles. The van der Waals surface area contributed by atoms with Gasteiger partial charge in [0.25, 0.3) is 5.91 Å². The summed E-state index contributed by atoms with van der Waals surface area (Å²) in [4.78, 5) is 20.6. The minimum atomic E-state index is -3.18. The number of anilines is 1. The van der Waals surface area contributed by atoms with Crippen LogP contribution in [0.4, 0.5) is 5.82 Å². The third-order valence-electron chi connectivity index (χ3n) is 3.82. The van der Waals surface area contributed by atoms with Crippen molar-refractivity contribution in [3.8, 4) is 0 Å². The van der Waals surface area contributed by atoms with Crippen LogP contribution in [0.15, 0.2) is 40.9 Å². The second-order valence-electron chi connectivity index (χ2n) is 5.80. The van der Waals surface area contributed by atoms with Gasteiger partial charge in [0.2, 0.25) is 0 Å². The summed E-state index contributed by atoms with van der Waals surface area (Å²) in [6.45, 7) is 2.52. The van der Waals surface area contributed by atoms with Crippen molar-refractivity contribution in [2.45, 2.75) is 5.75 Å². The van der Waals surface area contributed by atoms with Crippen molar-refractivity contribution < 1.29 is 17.6 Å². The normalized spacial score (nSPS) is 15.5. The van der Waals surface area contributed by atoms with Gasteiger partial charge in [0, 0.05) is 38.6 Å². The van der Waals surface area contributed by atoms with E-state index in [1.165, 1.54) is 6.07 Å². The van der Waals surface area contributed by atoms with Gasteiger partial charge >= 0.3 is 0 Å². The molecule has 0 bridgehead atoms. The second kappa shape index (κ2) is 6.64. The Morgan fingerprint density at radius 3 is 2.54 bits per heavy atom. The summed E-state index contributed by atoms with van der Waals surface area (Å²) in [5.41, 5.74) is 0. The van der Waals surface area contributed by atoms with E-state index in [2.05, 4.69) is 9.88 Å². The highest BCUT2D eigenvalue weighted by Gasteiger charge is 2.25. The van der Waals surface area contributed by atoms with Crippen molar-refractivity contribution in [1.82, 2.24) is 9.88 Å². The van der Waals surface area contributed by atoms with Crippen LogP contribution in [0.25, 0.3) is 0 Å². The fourth-order valence-corrected chi connectivity index (χ4v) is 3.34. The van der Waals surface area contributed by atoms with Crippen LogP contribution in [0.3, 0.4) is 0 Å². The fraction of sp³-hybridized carbons (Fsp3) is 0.375. The maximum absolute atomic E-state index is 12.5. The lowest BCUT2D eigenvalue weighted by Crippen LogP contribution is -2.49. The average molecular weight is 349 g/mol. The van der Waals surface area contributed by atoms with E-state index in [1.807, 2.05) is 18.2 Å². The fourth-order valence-electron chi connectivity index (χ4n) is 2.66. The topological polar surface area (TPSA) is 83.7 Å². The maximum Gasteiger partial charge on any atom is 0.289 e. The third-order valence-corrected chi connectivity index (χ3v) is 4.63. The van der Waals surface area contributed by atoms with Gasteiger partial charge in [0.1, 0.15) is 17.3 Å². The van der Waals surface area contributed by atoms with Gasteiger partial charge in [-0.05, 0) is 24.3 Å². The Labute approximate surface area is 140 Å².